The minimum Gasteiger partial charge on any atom is -0.454 e. The van der Waals surface area contributed by atoms with Gasteiger partial charge in [0.05, 0.1) is 12.1 Å². The summed E-state index contributed by atoms with van der Waals surface area (Å²) in [5.74, 6) is 2.06. The Bertz CT molecular complexity index is 871. The lowest BCUT2D eigenvalue weighted by atomic mass is 10.3. The zero-order chi connectivity index (χ0) is 14.2. The first-order valence-electron chi connectivity index (χ1n) is 6.39. The van der Waals surface area contributed by atoms with E-state index in [9.17, 15) is 4.79 Å². The second kappa shape index (κ2) is 4.78. The number of thiophene rings is 1. The van der Waals surface area contributed by atoms with Crippen molar-refractivity contribution in [2.24, 2.45) is 0 Å². The maximum atomic E-state index is 11.9. The van der Waals surface area contributed by atoms with E-state index >= 15 is 0 Å². The first-order chi connectivity index (χ1) is 10.3. The molecular formula is C14H11N3O3S. The normalized spacial score (nSPS) is 12.8. The molecule has 0 atom stereocenters. The van der Waals surface area contributed by atoms with Crippen molar-refractivity contribution in [2.45, 2.75) is 6.54 Å². The van der Waals surface area contributed by atoms with E-state index in [0.717, 1.165) is 22.7 Å². The Kier molecular flexibility index (Phi) is 2.78. The van der Waals surface area contributed by atoms with E-state index in [1.54, 1.807) is 0 Å². The molecule has 3 heterocycles. The van der Waals surface area contributed by atoms with E-state index in [-0.39, 0.29) is 12.4 Å². The van der Waals surface area contributed by atoms with Gasteiger partial charge in [0.1, 0.15) is 10.5 Å². The molecule has 4 rings (SSSR count). The number of hydrogen-bond donors (Lipinski definition) is 2. The Morgan fingerprint density at radius 1 is 1.29 bits per heavy atom. The van der Waals surface area contributed by atoms with Crippen LogP contribution in [-0.4, -0.2) is 16.8 Å². The molecule has 0 saturated heterocycles. The molecule has 106 valence electrons. The summed E-state index contributed by atoms with van der Waals surface area (Å²) < 4.78 is 11.2. The predicted molar refractivity (Wildman–Crippen MR) is 80.1 cm³/mol. The van der Waals surface area contributed by atoms with Crippen molar-refractivity contribution in [3.8, 4) is 11.5 Å². The van der Waals surface area contributed by atoms with Gasteiger partial charge in [-0.05, 0) is 23.6 Å². The minimum atomic E-state index is -0.0995. The van der Waals surface area contributed by atoms with E-state index in [1.807, 2.05) is 29.6 Å². The predicted octanol–water partition coefficient (Wildman–Crippen LogP) is 2.33. The summed E-state index contributed by atoms with van der Waals surface area (Å²) in [6.45, 7) is 0.684. The maximum Gasteiger partial charge on any atom is 0.268 e. The Labute approximate surface area is 123 Å². The second-order valence-corrected chi connectivity index (χ2v) is 5.49. The number of fused-ring (bicyclic) bond motifs is 2. The van der Waals surface area contributed by atoms with Crippen molar-refractivity contribution in [2.75, 3.05) is 12.1 Å². The van der Waals surface area contributed by atoms with Gasteiger partial charge >= 0.3 is 0 Å². The average Bonchev–Trinajstić information content (AvgIpc) is 3.13. The topological polar surface area (TPSA) is 76.2 Å². The molecule has 6 nitrogen and oxygen atoms in total. The molecule has 0 radical (unpaired) electrons. The number of benzene rings is 1. The van der Waals surface area contributed by atoms with Crippen LogP contribution in [0.5, 0.6) is 11.5 Å². The quantitative estimate of drug-likeness (QED) is 0.776. The van der Waals surface area contributed by atoms with Crippen molar-refractivity contribution >= 4 is 27.2 Å². The van der Waals surface area contributed by atoms with Gasteiger partial charge in [0, 0.05) is 11.8 Å². The second-order valence-electron chi connectivity index (χ2n) is 4.57. The summed E-state index contributed by atoms with van der Waals surface area (Å²) in [5.41, 5.74) is 1.51. The maximum absolute atomic E-state index is 11.9. The molecule has 2 aromatic heterocycles. The molecule has 7 heteroatoms. The highest BCUT2D eigenvalue weighted by Gasteiger charge is 2.13. The molecule has 3 aromatic rings. The molecule has 1 aliphatic rings. The van der Waals surface area contributed by atoms with Crippen LogP contribution in [0, 0.1) is 0 Å². The molecule has 1 aliphatic heterocycles. The highest BCUT2D eigenvalue weighted by Crippen LogP contribution is 2.34. The molecule has 0 fully saturated rings. The Balaban J connectivity index is 1.56. The summed E-state index contributed by atoms with van der Waals surface area (Å²) in [7, 11) is 0. The third-order valence-electron chi connectivity index (χ3n) is 3.20. The van der Waals surface area contributed by atoms with Gasteiger partial charge in [0.25, 0.3) is 5.56 Å². The number of nitrogens with one attached hydrogen (secondary N) is 2. The molecule has 0 unspecified atom stereocenters. The molecular weight excluding hydrogens is 290 g/mol. The average molecular weight is 301 g/mol. The monoisotopic (exact) mass is 301 g/mol. The number of hydrogen-bond acceptors (Lipinski definition) is 6. The molecule has 0 saturated carbocycles. The summed E-state index contributed by atoms with van der Waals surface area (Å²) >= 11 is 1.39. The SMILES string of the molecule is O=c1[nH]c(CNc2ccc3c(c2)OCO3)nc2ccsc12. The zero-order valence-corrected chi connectivity index (χ0v) is 11.7. The Morgan fingerprint density at radius 2 is 2.19 bits per heavy atom. The fourth-order valence-electron chi connectivity index (χ4n) is 2.20. The lowest BCUT2D eigenvalue weighted by molar-refractivity contribution is 0.174. The van der Waals surface area contributed by atoms with Crippen LogP contribution in [0.15, 0.2) is 34.4 Å². The van der Waals surface area contributed by atoms with Crippen molar-refractivity contribution in [1.29, 1.82) is 0 Å². The van der Waals surface area contributed by atoms with Crippen molar-refractivity contribution in [3.63, 3.8) is 0 Å². The van der Waals surface area contributed by atoms with E-state index in [2.05, 4.69) is 15.3 Å². The van der Waals surface area contributed by atoms with Crippen LogP contribution in [0.3, 0.4) is 0 Å². The zero-order valence-electron chi connectivity index (χ0n) is 10.9. The van der Waals surface area contributed by atoms with Crippen LogP contribution in [0.2, 0.25) is 0 Å². The number of H-pyrrole nitrogens is 1. The molecule has 1 aromatic carbocycles. The van der Waals surface area contributed by atoms with Crippen LogP contribution in [-0.2, 0) is 6.54 Å². The molecule has 21 heavy (non-hydrogen) atoms. The van der Waals surface area contributed by atoms with E-state index in [1.165, 1.54) is 11.3 Å². The lowest BCUT2D eigenvalue weighted by Gasteiger charge is -2.06. The smallest absolute Gasteiger partial charge is 0.268 e. The van der Waals surface area contributed by atoms with Crippen LogP contribution in [0.25, 0.3) is 10.2 Å². The number of anilines is 1. The molecule has 0 aliphatic carbocycles. The van der Waals surface area contributed by atoms with E-state index in [0.29, 0.717) is 17.1 Å². The van der Waals surface area contributed by atoms with Crippen LogP contribution < -0.4 is 20.3 Å². The summed E-state index contributed by atoms with van der Waals surface area (Å²) in [4.78, 5) is 19.1. The fraction of sp³-hybridized carbons (Fsp3) is 0.143. The van der Waals surface area contributed by atoms with E-state index in [4.69, 9.17) is 9.47 Å². The highest BCUT2D eigenvalue weighted by atomic mass is 32.1. The number of ether oxygens (including phenoxy) is 2. The Hall–Kier alpha value is -2.54. The number of aromatic amines is 1. The first-order valence-corrected chi connectivity index (χ1v) is 7.27. The number of rotatable bonds is 3. The summed E-state index contributed by atoms with van der Waals surface area (Å²) in [6, 6.07) is 7.46. The van der Waals surface area contributed by atoms with Crippen molar-refractivity contribution in [3.05, 3.63) is 45.8 Å². The molecule has 2 N–H and O–H groups in total. The van der Waals surface area contributed by atoms with E-state index < -0.39 is 0 Å². The van der Waals surface area contributed by atoms with Gasteiger partial charge in [-0.25, -0.2) is 4.98 Å². The van der Waals surface area contributed by atoms with Crippen LogP contribution in [0.4, 0.5) is 5.69 Å². The molecule has 0 bridgehead atoms. The third-order valence-corrected chi connectivity index (χ3v) is 4.10. The van der Waals surface area contributed by atoms with Crippen LogP contribution in [0.1, 0.15) is 5.82 Å². The van der Waals surface area contributed by atoms with Gasteiger partial charge in [-0.1, -0.05) is 0 Å². The van der Waals surface area contributed by atoms with Crippen LogP contribution >= 0.6 is 11.3 Å². The summed E-state index contributed by atoms with van der Waals surface area (Å²) in [5, 5.41) is 5.07. The fourth-order valence-corrected chi connectivity index (χ4v) is 2.92. The first kappa shape index (κ1) is 12.2. The van der Waals surface area contributed by atoms with Gasteiger partial charge in [-0.3, -0.25) is 4.79 Å². The van der Waals surface area contributed by atoms with Gasteiger partial charge in [0.2, 0.25) is 6.79 Å². The van der Waals surface area contributed by atoms with Gasteiger partial charge in [-0.2, -0.15) is 0 Å². The van der Waals surface area contributed by atoms with Gasteiger partial charge < -0.3 is 19.8 Å². The largest absolute Gasteiger partial charge is 0.454 e. The lowest BCUT2D eigenvalue weighted by Crippen LogP contribution is -2.13. The van der Waals surface area contributed by atoms with Gasteiger partial charge in [-0.15, -0.1) is 11.3 Å². The standard InChI is InChI=1S/C14H11N3O3S/c18-14-13-9(3-4-21-13)16-12(17-14)6-15-8-1-2-10-11(5-8)20-7-19-10/h1-5,15H,6-7H2,(H,16,17,18). The molecule has 0 amide bonds. The number of aromatic nitrogens is 2. The van der Waals surface area contributed by atoms with Crippen molar-refractivity contribution in [1.82, 2.24) is 9.97 Å². The third kappa shape index (κ3) is 2.21. The number of nitrogens with zero attached hydrogens (tertiary/aromatic N) is 1. The highest BCUT2D eigenvalue weighted by molar-refractivity contribution is 7.17. The minimum absolute atomic E-state index is 0.0995. The van der Waals surface area contributed by atoms with Gasteiger partial charge in [0.15, 0.2) is 11.5 Å². The molecule has 0 spiro atoms. The summed E-state index contributed by atoms with van der Waals surface area (Å²) in [6.07, 6.45) is 0. The Morgan fingerprint density at radius 3 is 3.14 bits per heavy atom. The van der Waals surface area contributed by atoms with Crippen molar-refractivity contribution < 1.29 is 9.47 Å².